The molecule has 5 heteroatoms. The van der Waals surface area contributed by atoms with Crippen LogP contribution in [-0.4, -0.2) is 37.1 Å². The van der Waals surface area contributed by atoms with Gasteiger partial charge < -0.3 is 15.4 Å². The summed E-state index contributed by atoms with van der Waals surface area (Å²) in [6, 6.07) is 4.25. The number of carbonyl (C=O) groups excluding carboxylic acids is 1. The Labute approximate surface area is 106 Å². The summed E-state index contributed by atoms with van der Waals surface area (Å²) in [4.78, 5) is 13.9. The zero-order chi connectivity index (χ0) is 13.1. The molecule has 2 rings (SSSR count). The summed E-state index contributed by atoms with van der Waals surface area (Å²) in [5.41, 5.74) is 5.89. The SMILES string of the molecule is CN(C(=O)c1ccc(F)c(N)c1)C1CCOCC1. The lowest BCUT2D eigenvalue weighted by Crippen LogP contribution is -2.40. The third kappa shape index (κ3) is 2.61. The van der Waals surface area contributed by atoms with Gasteiger partial charge in [-0.25, -0.2) is 4.39 Å². The molecule has 0 unspecified atom stereocenters. The number of nitrogen functional groups attached to an aromatic ring is 1. The molecule has 1 fully saturated rings. The molecule has 4 nitrogen and oxygen atoms in total. The lowest BCUT2D eigenvalue weighted by Gasteiger charge is -2.31. The summed E-state index contributed by atoms with van der Waals surface area (Å²) in [6.45, 7) is 1.35. The Morgan fingerprint density at radius 3 is 2.72 bits per heavy atom. The summed E-state index contributed by atoms with van der Waals surface area (Å²) in [6.07, 6.45) is 1.66. The van der Waals surface area contributed by atoms with Crippen LogP contribution in [-0.2, 0) is 4.74 Å². The zero-order valence-electron chi connectivity index (χ0n) is 10.4. The molecule has 0 saturated carbocycles. The first kappa shape index (κ1) is 12.8. The maximum atomic E-state index is 13.1. The second-order valence-electron chi connectivity index (χ2n) is 4.50. The monoisotopic (exact) mass is 252 g/mol. The molecule has 1 saturated heterocycles. The largest absolute Gasteiger partial charge is 0.396 e. The summed E-state index contributed by atoms with van der Waals surface area (Å²) in [5.74, 6) is -0.631. The van der Waals surface area contributed by atoms with E-state index < -0.39 is 5.82 Å². The summed E-state index contributed by atoms with van der Waals surface area (Å²) in [5, 5.41) is 0. The number of rotatable bonds is 2. The number of hydrogen-bond donors (Lipinski definition) is 1. The van der Waals surface area contributed by atoms with Crippen LogP contribution in [0.15, 0.2) is 18.2 Å². The highest BCUT2D eigenvalue weighted by Crippen LogP contribution is 2.18. The molecule has 0 aromatic heterocycles. The predicted molar refractivity (Wildman–Crippen MR) is 66.7 cm³/mol. The van der Waals surface area contributed by atoms with Crippen LogP contribution in [0.2, 0.25) is 0 Å². The molecule has 0 radical (unpaired) electrons. The number of carbonyl (C=O) groups is 1. The first-order valence-electron chi connectivity index (χ1n) is 5.99. The Hall–Kier alpha value is -1.62. The molecule has 2 N–H and O–H groups in total. The van der Waals surface area contributed by atoms with Crippen molar-refractivity contribution >= 4 is 11.6 Å². The van der Waals surface area contributed by atoms with E-state index in [1.54, 1.807) is 11.9 Å². The Morgan fingerprint density at radius 2 is 2.11 bits per heavy atom. The normalized spacial score (nSPS) is 16.6. The van der Waals surface area contributed by atoms with Crippen LogP contribution >= 0.6 is 0 Å². The number of amides is 1. The van der Waals surface area contributed by atoms with Crippen molar-refractivity contribution in [2.24, 2.45) is 0 Å². The van der Waals surface area contributed by atoms with Crippen molar-refractivity contribution in [3.63, 3.8) is 0 Å². The van der Waals surface area contributed by atoms with Gasteiger partial charge in [-0.05, 0) is 31.0 Å². The lowest BCUT2D eigenvalue weighted by molar-refractivity contribution is 0.0362. The lowest BCUT2D eigenvalue weighted by atomic mass is 10.1. The molecule has 18 heavy (non-hydrogen) atoms. The topological polar surface area (TPSA) is 55.6 Å². The molecule has 0 spiro atoms. The summed E-state index contributed by atoms with van der Waals surface area (Å²) in [7, 11) is 1.76. The average Bonchev–Trinajstić information content (AvgIpc) is 2.41. The van der Waals surface area contributed by atoms with E-state index in [0.717, 1.165) is 12.8 Å². The van der Waals surface area contributed by atoms with E-state index >= 15 is 0 Å². The number of hydrogen-bond acceptors (Lipinski definition) is 3. The smallest absolute Gasteiger partial charge is 0.253 e. The fourth-order valence-corrected chi connectivity index (χ4v) is 2.12. The van der Waals surface area contributed by atoms with E-state index in [1.807, 2.05) is 0 Å². The quantitative estimate of drug-likeness (QED) is 0.814. The fourth-order valence-electron chi connectivity index (χ4n) is 2.12. The van der Waals surface area contributed by atoms with Crippen LogP contribution in [0.1, 0.15) is 23.2 Å². The maximum absolute atomic E-state index is 13.1. The van der Waals surface area contributed by atoms with E-state index in [2.05, 4.69) is 0 Å². The number of anilines is 1. The number of nitrogens with two attached hydrogens (primary N) is 1. The van der Waals surface area contributed by atoms with Crippen LogP contribution in [0.3, 0.4) is 0 Å². The Kier molecular flexibility index (Phi) is 3.81. The van der Waals surface area contributed by atoms with Gasteiger partial charge in [0.1, 0.15) is 5.82 Å². The first-order valence-corrected chi connectivity index (χ1v) is 5.99. The van der Waals surface area contributed by atoms with Crippen LogP contribution in [0.5, 0.6) is 0 Å². The van der Waals surface area contributed by atoms with Crippen molar-refractivity contribution in [2.45, 2.75) is 18.9 Å². The number of benzene rings is 1. The number of halogens is 1. The van der Waals surface area contributed by atoms with Gasteiger partial charge in [0.15, 0.2) is 0 Å². The number of ether oxygens (including phenoxy) is 1. The summed E-state index contributed by atoms with van der Waals surface area (Å²) >= 11 is 0. The minimum Gasteiger partial charge on any atom is -0.396 e. The van der Waals surface area contributed by atoms with Gasteiger partial charge in [-0.3, -0.25) is 4.79 Å². The molecule has 0 bridgehead atoms. The standard InChI is InChI=1S/C13H17FN2O2/c1-16(10-4-6-18-7-5-10)13(17)9-2-3-11(14)12(15)8-9/h2-3,8,10H,4-7,15H2,1H3. The molecule has 0 aliphatic carbocycles. The van der Waals surface area contributed by atoms with Crippen molar-refractivity contribution in [3.05, 3.63) is 29.6 Å². The molecule has 1 aliphatic heterocycles. The number of nitrogens with zero attached hydrogens (tertiary/aromatic N) is 1. The van der Waals surface area contributed by atoms with Crippen LogP contribution in [0, 0.1) is 5.82 Å². The van der Waals surface area contributed by atoms with Gasteiger partial charge in [0.25, 0.3) is 5.91 Å². The minimum atomic E-state index is -0.500. The van der Waals surface area contributed by atoms with E-state index in [-0.39, 0.29) is 17.6 Å². The molecule has 98 valence electrons. The van der Waals surface area contributed by atoms with Crippen molar-refractivity contribution in [1.29, 1.82) is 0 Å². The third-order valence-electron chi connectivity index (χ3n) is 3.30. The van der Waals surface area contributed by atoms with Crippen LogP contribution in [0.25, 0.3) is 0 Å². The maximum Gasteiger partial charge on any atom is 0.253 e. The molecule has 1 heterocycles. The average molecular weight is 252 g/mol. The van der Waals surface area contributed by atoms with Gasteiger partial charge in [-0.15, -0.1) is 0 Å². The minimum absolute atomic E-state index is 0.00114. The third-order valence-corrected chi connectivity index (χ3v) is 3.30. The molecule has 1 aromatic carbocycles. The first-order chi connectivity index (χ1) is 8.59. The van der Waals surface area contributed by atoms with Crippen molar-refractivity contribution in [2.75, 3.05) is 26.0 Å². The van der Waals surface area contributed by atoms with E-state index in [1.165, 1.54) is 18.2 Å². The van der Waals surface area contributed by atoms with Crippen molar-refractivity contribution in [3.8, 4) is 0 Å². The second-order valence-corrected chi connectivity index (χ2v) is 4.50. The Bertz CT molecular complexity index is 445. The van der Waals surface area contributed by atoms with E-state index in [9.17, 15) is 9.18 Å². The van der Waals surface area contributed by atoms with E-state index in [4.69, 9.17) is 10.5 Å². The highest BCUT2D eigenvalue weighted by molar-refractivity contribution is 5.95. The Morgan fingerprint density at radius 1 is 1.44 bits per heavy atom. The van der Waals surface area contributed by atoms with Crippen molar-refractivity contribution < 1.29 is 13.9 Å². The fraction of sp³-hybridized carbons (Fsp3) is 0.462. The van der Waals surface area contributed by atoms with Gasteiger partial charge in [-0.2, -0.15) is 0 Å². The molecular weight excluding hydrogens is 235 g/mol. The van der Waals surface area contributed by atoms with Crippen molar-refractivity contribution in [1.82, 2.24) is 4.90 Å². The van der Waals surface area contributed by atoms with Gasteiger partial charge in [0, 0.05) is 31.9 Å². The van der Waals surface area contributed by atoms with Crippen LogP contribution < -0.4 is 5.73 Å². The zero-order valence-corrected chi connectivity index (χ0v) is 10.4. The van der Waals surface area contributed by atoms with Gasteiger partial charge in [-0.1, -0.05) is 0 Å². The highest BCUT2D eigenvalue weighted by atomic mass is 19.1. The van der Waals surface area contributed by atoms with Gasteiger partial charge >= 0.3 is 0 Å². The second kappa shape index (κ2) is 5.35. The summed E-state index contributed by atoms with van der Waals surface area (Å²) < 4.78 is 18.3. The van der Waals surface area contributed by atoms with E-state index in [0.29, 0.717) is 18.8 Å². The molecular formula is C13H17FN2O2. The van der Waals surface area contributed by atoms with Crippen LogP contribution in [0.4, 0.5) is 10.1 Å². The highest BCUT2D eigenvalue weighted by Gasteiger charge is 2.23. The Balaban J connectivity index is 2.11. The molecule has 1 aromatic rings. The van der Waals surface area contributed by atoms with Gasteiger partial charge in [0.05, 0.1) is 5.69 Å². The predicted octanol–water partition coefficient (Wildman–Crippen LogP) is 1.66. The molecule has 1 amide bonds. The molecule has 1 aliphatic rings. The van der Waals surface area contributed by atoms with Gasteiger partial charge in [0.2, 0.25) is 0 Å². The molecule has 0 atom stereocenters.